The van der Waals surface area contributed by atoms with E-state index in [0.717, 1.165) is 4.31 Å². The highest BCUT2D eigenvalue weighted by Gasteiger charge is 2.32. The molecule has 0 aromatic rings. The Morgan fingerprint density at radius 2 is 1.90 bits per heavy atom. The van der Waals surface area contributed by atoms with E-state index in [4.69, 9.17) is 10.2 Å². The Bertz CT molecular complexity index is 457. The lowest BCUT2D eigenvalue weighted by atomic mass is 9.96. The molecule has 0 aliphatic carbocycles. The summed E-state index contributed by atoms with van der Waals surface area (Å²) in [5, 5.41) is 13.8. The largest absolute Gasteiger partial charge is 0.480 e. The Labute approximate surface area is 118 Å². The van der Waals surface area contributed by atoms with Gasteiger partial charge in [-0.2, -0.15) is 12.7 Å². The molecule has 3 N–H and O–H groups in total. The number of nitrogens with zero attached hydrogens (tertiary/aromatic N) is 2. The highest BCUT2D eigenvalue weighted by Crippen LogP contribution is 2.20. The zero-order valence-electron chi connectivity index (χ0n) is 11.5. The van der Waals surface area contributed by atoms with Gasteiger partial charge in [-0.15, -0.1) is 0 Å². The summed E-state index contributed by atoms with van der Waals surface area (Å²) >= 11 is 0. The molecule has 0 radical (unpaired) electrons. The standard InChI is InChI=1S/C11H21N3O5S/c1-2-5-13(8-10(15)16)11(17)9-3-6-14(7-4-9)20(12,18)19/h9H,2-8H2,1H3,(H,15,16)(H2,12,18,19). The number of hydrogen-bond acceptors (Lipinski definition) is 4. The second kappa shape index (κ2) is 7.00. The molecule has 0 aromatic carbocycles. The van der Waals surface area contributed by atoms with Crippen molar-refractivity contribution < 1.29 is 23.1 Å². The highest BCUT2D eigenvalue weighted by molar-refractivity contribution is 7.86. The van der Waals surface area contributed by atoms with Gasteiger partial charge in [-0.25, -0.2) is 5.14 Å². The SMILES string of the molecule is CCCN(CC(=O)O)C(=O)C1CCN(S(N)(=O)=O)CC1. The number of amides is 1. The maximum absolute atomic E-state index is 12.2. The van der Waals surface area contributed by atoms with Crippen LogP contribution < -0.4 is 5.14 Å². The monoisotopic (exact) mass is 307 g/mol. The van der Waals surface area contributed by atoms with Crippen LogP contribution in [0.15, 0.2) is 0 Å². The predicted molar refractivity (Wildman–Crippen MR) is 71.9 cm³/mol. The van der Waals surface area contributed by atoms with Gasteiger partial charge in [0.25, 0.3) is 10.2 Å². The van der Waals surface area contributed by atoms with Crippen LogP contribution >= 0.6 is 0 Å². The first kappa shape index (κ1) is 16.9. The smallest absolute Gasteiger partial charge is 0.323 e. The minimum atomic E-state index is -3.71. The maximum atomic E-state index is 12.2. The molecule has 1 heterocycles. The molecule has 116 valence electrons. The van der Waals surface area contributed by atoms with Crippen molar-refractivity contribution in [3.05, 3.63) is 0 Å². The third-order valence-corrected chi connectivity index (χ3v) is 4.38. The first-order chi connectivity index (χ1) is 9.25. The third kappa shape index (κ3) is 4.73. The first-order valence-electron chi connectivity index (χ1n) is 6.54. The molecule has 1 fully saturated rings. The molecule has 0 unspecified atom stereocenters. The van der Waals surface area contributed by atoms with Crippen LogP contribution in [0.3, 0.4) is 0 Å². The zero-order valence-corrected chi connectivity index (χ0v) is 12.3. The van der Waals surface area contributed by atoms with Crippen molar-refractivity contribution in [2.24, 2.45) is 11.1 Å². The molecule has 8 nitrogen and oxygen atoms in total. The Hall–Kier alpha value is -1.19. The van der Waals surface area contributed by atoms with Crippen LogP contribution in [0, 0.1) is 5.92 Å². The van der Waals surface area contributed by atoms with Crippen molar-refractivity contribution in [1.29, 1.82) is 0 Å². The van der Waals surface area contributed by atoms with Gasteiger partial charge in [0.2, 0.25) is 5.91 Å². The van der Waals surface area contributed by atoms with Crippen LogP contribution in [-0.4, -0.2) is 60.8 Å². The van der Waals surface area contributed by atoms with E-state index in [9.17, 15) is 18.0 Å². The molecule has 1 aliphatic rings. The summed E-state index contributed by atoms with van der Waals surface area (Å²) in [6.07, 6.45) is 1.42. The number of carbonyl (C=O) groups excluding carboxylic acids is 1. The van der Waals surface area contributed by atoms with E-state index < -0.39 is 16.2 Å². The Morgan fingerprint density at radius 3 is 2.30 bits per heavy atom. The number of hydrogen-bond donors (Lipinski definition) is 2. The van der Waals surface area contributed by atoms with Crippen LogP contribution in [0.5, 0.6) is 0 Å². The van der Waals surface area contributed by atoms with E-state index >= 15 is 0 Å². The van der Waals surface area contributed by atoms with Crippen molar-refractivity contribution in [3.63, 3.8) is 0 Å². The minimum Gasteiger partial charge on any atom is -0.480 e. The van der Waals surface area contributed by atoms with E-state index in [-0.39, 0.29) is 31.5 Å². The van der Waals surface area contributed by atoms with Gasteiger partial charge in [0.15, 0.2) is 0 Å². The second-order valence-electron chi connectivity index (χ2n) is 4.87. The normalized spacial score (nSPS) is 17.9. The van der Waals surface area contributed by atoms with E-state index in [1.807, 2.05) is 6.92 Å². The fraction of sp³-hybridized carbons (Fsp3) is 0.818. The molecular formula is C11H21N3O5S. The molecule has 0 bridgehead atoms. The van der Waals surface area contributed by atoms with Crippen LogP contribution in [0.4, 0.5) is 0 Å². The van der Waals surface area contributed by atoms with E-state index in [1.165, 1.54) is 4.90 Å². The summed E-state index contributed by atoms with van der Waals surface area (Å²) in [6.45, 7) is 2.33. The lowest BCUT2D eigenvalue weighted by molar-refractivity contribution is -0.146. The van der Waals surface area contributed by atoms with Gasteiger partial charge in [0.05, 0.1) is 0 Å². The molecule has 0 aromatic heterocycles. The molecule has 1 saturated heterocycles. The number of nitrogens with two attached hydrogens (primary N) is 1. The van der Waals surface area contributed by atoms with E-state index in [1.54, 1.807) is 0 Å². The summed E-state index contributed by atoms with van der Waals surface area (Å²) < 4.78 is 23.5. The fourth-order valence-electron chi connectivity index (χ4n) is 2.32. The fourth-order valence-corrected chi connectivity index (χ4v) is 3.04. The first-order valence-corrected chi connectivity index (χ1v) is 8.04. The summed E-state index contributed by atoms with van der Waals surface area (Å²) in [6, 6.07) is 0. The zero-order chi connectivity index (χ0) is 15.3. The molecule has 1 aliphatic heterocycles. The molecule has 0 atom stereocenters. The van der Waals surface area contributed by atoms with Gasteiger partial charge in [-0.05, 0) is 19.3 Å². The molecule has 1 rings (SSSR count). The molecular weight excluding hydrogens is 286 g/mol. The van der Waals surface area contributed by atoms with Gasteiger partial charge in [-0.1, -0.05) is 6.92 Å². The number of rotatable bonds is 6. The maximum Gasteiger partial charge on any atom is 0.323 e. The Morgan fingerprint density at radius 1 is 1.35 bits per heavy atom. The number of carboxylic acids is 1. The lowest BCUT2D eigenvalue weighted by Gasteiger charge is -2.32. The number of piperidine rings is 1. The Balaban J connectivity index is 2.62. The lowest BCUT2D eigenvalue weighted by Crippen LogP contribution is -2.47. The van der Waals surface area contributed by atoms with Crippen LogP contribution in [0.25, 0.3) is 0 Å². The second-order valence-corrected chi connectivity index (χ2v) is 6.42. The van der Waals surface area contributed by atoms with Crippen molar-refractivity contribution in [2.45, 2.75) is 26.2 Å². The summed E-state index contributed by atoms with van der Waals surface area (Å²) in [4.78, 5) is 24.3. The number of aliphatic carboxylic acids is 1. The van der Waals surface area contributed by atoms with Crippen molar-refractivity contribution in [1.82, 2.24) is 9.21 Å². The van der Waals surface area contributed by atoms with Crippen LogP contribution in [0.1, 0.15) is 26.2 Å². The van der Waals surface area contributed by atoms with E-state index in [2.05, 4.69) is 0 Å². The Kier molecular flexibility index (Phi) is 5.90. The summed E-state index contributed by atoms with van der Waals surface area (Å²) in [5.74, 6) is -1.60. The van der Waals surface area contributed by atoms with Crippen LogP contribution in [0.2, 0.25) is 0 Å². The number of carbonyl (C=O) groups is 2. The average molecular weight is 307 g/mol. The van der Waals surface area contributed by atoms with Gasteiger partial charge in [0.1, 0.15) is 6.54 Å². The van der Waals surface area contributed by atoms with E-state index in [0.29, 0.717) is 25.8 Å². The van der Waals surface area contributed by atoms with Crippen molar-refractivity contribution >= 4 is 22.1 Å². The van der Waals surface area contributed by atoms with Gasteiger partial charge in [-0.3, -0.25) is 9.59 Å². The molecule has 0 spiro atoms. The summed E-state index contributed by atoms with van der Waals surface area (Å²) in [7, 11) is -3.71. The highest BCUT2D eigenvalue weighted by atomic mass is 32.2. The minimum absolute atomic E-state index is 0.197. The third-order valence-electron chi connectivity index (χ3n) is 3.29. The topological polar surface area (TPSA) is 121 Å². The molecule has 9 heteroatoms. The molecule has 0 saturated carbocycles. The molecule has 20 heavy (non-hydrogen) atoms. The van der Waals surface area contributed by atoms with Gasteiger partial charge >= 0.3 is 5.97 Å². The van der Waals surface area contributed by atoms with Crippen LogP contribution in [-0.2, 0) is 19.8 Å². The van der Waals surface area contributed by atoms with Gasteiger partial charge < -0.3 is 10.0 Å². The quantitative estimate of drug-likeness (QED) is 0.667. The number of carboxylic acid groups (broad SMARTS) is 1. The van der Waals surface area contributed by atoms with Crippen molar-refractivity contribution in [3.8, 4) is 0 Å². The average Bonchev–Trinajstić information content (AvgIpc) is 2.36. The van der Waals surface area contributed by atoms with Gasteiger partial charge in [0, 0.05) is 25.6 Å². The molecule has 1 amide bonds. The predicted octanol–water partition coefficient (Wildman–Crippen LogP) is -0.775. The van der Waals surface area contributed by atoms with Crippen molar-refractivity contribution in [2.75, 3.05) is 26.2 Å². The summed E-state index contributed by atoms with van der Waals surface area (Å²) in [5.41, 5.74) is 0.